The van der Waals surface area contributed by atoms with Gasteiger partial charge in [0.2, 0.25) is 6.42 Å². The lowest BCUT2D eigenvalue weighted by Gasteiger charge is -2.16. The molecular formula is C14H14NO2PS. The van der Waals surface area contributed by atoms with Gasteiger partial charge in [0.1, 0.15) is 11.5 Å². The lowest BCUT2D eigenvalue weighted by atomic mass is 10.2. The number of ether oxygens (including phenoxy) is 1. The Morgan fingerprint density at radius 2 is 1.89 bits per heavy atom. The van der Waals surface area contributed by atoms with Gasteiger partial charge in [0.25, 0.3) is 0 Å². The van der Waals surface area contributed by atoms with Crippen LogP contribution in [0.25, 0.3) is 0 Å². The summed E-state index contributed by atoms with van der Waals surface area (Å²) in [4.78, 5) is 0. The van der Waals surface area contributed by atoms with E-state index in [1.807, 2.05) is 36.4 Å². The topological polar surface area (TPSA) is 30.5 Å². The zero-order chi connectivity index (χ0) is 13.5. The highest BCUT2D eigenvalue weighted by atomic mass is 32.4. The first kappa shape index (κ1) is 12.5. The summed E-state index contributed by atoms with van der Waals surface area (Å²) in [5.41, 5.74) is 2.17. The zero-order valence-corrected chi connectivity index (χ0v) is 12.4. The van der Waals surface area contributed by atoms with E-state index in [2.05, 4.69) is 18.1 Å². The van der Waals surface area contributed by atoms with Crippen molar-refractivity contribution in [1.29, 1.82) is 0 Å². The number of benzene rings is 2. The molecule has 19 heavy (non-hydrogen) atoms. The van der Waals surface area contributed by atoms with Crippen LogP contribution < -0.4 is 19.7 Å². The van der Waals surface area contributed by atoms with Gasteiger partial charge < -0.3 is 14.3 Å². The van der Waals surface area contributed by atoms with E-state index in [4.69, 9.17) is 21.1 Å². The number of fused-ring (bicyclic) bond motifs is 1. The van der Waals surface area contributed by atoms with Gasteiger partial charge >= 0.3 is 0 Å². The van der Waals surface area contributed by atoms with E-state index >= 15 is 0 Å². The number of hydrogen-bond donors (Lipinski definition) is 1. The fourth-order valence-corrected chi connectivity index (χ4v) is 4.68. The molecule has 3 rings (SSSR count). The van der Waals surface area contributed by atoms with E-state index in [-0.39, 0.29) is 0 Å². The molecule has 1 heterocycles. The quantitative estimate of drug-likeness (QED) is 0.859. The summed E-state index contributed by atoms with van der Waals surface area (Å²) >= 11 is 5.70. The van der Waals surface area contributed by atoms with Crippen LogP contribution in [0.4, 0.5) is 5.69 Å². The summed E-state index contributed by atoms with van der Waals surface area (Å²) in [7, 11) is 1.65. The van der Waals surface area contributed by atoms with E-state index in [0.717, 1.165) is 22.5 Å². The Morgan fingerprint density at radius 1 is 1.16 bits per heavy atom. The minimum Gasteiger partial charge on any atom is -0.497 e. The first-order chi connectivity index (χ1) is 9.10. The lowest BCUT2D eigenvalue weighted by Crippen LogP contribution is -2.10. The molecule has 0 fully saturated rings. The van der Waals surface area contributed by atoms with Crippen molar-refractivity contribution in [2.24, 2.45) is 0 Å². The highest BCUT2D eigenvalue weighted by Crippen LogP contribution is 2.55. The first-order valence-electron chi connectivity index (χ1n) is 5.94. The summed E-state index contributed by atoms with van der Waals surface area (Å²) in [5.74, 6) is 1.66. The van der Waals surface area contributed by atoms with Crippen LogP contribution in [0.15, 0.2) is 42.5 Å². The second-order valence-electron chi connectivity index (χ2n) is 4.45. The van der Waals surface area contributed by atoms with Crippen molar-refractivity contribution in [2.45, 2.75) is 6.92 Å². The maximum Gasteiger partial charge on any atom is 0.232 e. The summed E-state index contributed by atoms with van der Waals surface area (Å²) in [6, 6.07) is 13.8. The monoisotopic (exact) mass is 291 g/mol. The van der Waals surface area contributed by atoms with E-state index < -0.39 is 6.42 Å². The largest absolute Gasteiger partial charge is 0.497 e. The Hall–Kier alpha value is -1.51. The van der Waals surface area contributed by atoms with Crippen LogP contribution in [-0.2, 0) is 11.8 Å². The van der Waals surface area contributed by atoms with Crippen molar-refractivity contribution in [2.75, 3.05) is 12.2 Å². The van der Waals surface area contributed by atoms with Crippen LogP contribution in [0.2, 0.25) is 0 Å². The molecule has 1 unspecified atom stereocenters. The Morgan fingerprint density at radius 3 is 2.58 bits per heavy atom. The highest BCUT2D eigenvalue weighted by Gasteiger charge is 2.30. The van der Waals surface area contributed by atoms with Gasteiger partial charge in [0, 0.05) is 5.30 Å². The van der Waals surface area contributed by atoms with Crippen molar-refractivity contribution in [3.8, 4) is 11.5 Å². The zero-order valence-electron chi connectivity index (χ0n) is 10.7. The molecule has 98 valence electrons. The normalized spacial score (nSPS) is 20.3. The molecule has 2 aromatic rings. The summed E-state index contributed by atoms with van der Waals surface area (Å²) in [6.45, 7) is 2.05. The van der Waals surface area contributed by atoms with Crippen molar-refractivity contribution in [3.05, 3.63) is 48.0 Å². The standard InChI is InChI=1S/C14H14NO2PS/c1-10-3-8-14-13(9-10)15-18(19,17-14)12-6-4-11(16-2)5-7-12/h3-9H,1-2H3,(H,15,19). The minimum atomic E-state index is -2.23. The predicted molar refractivity (Wildman–Crippen MR) is 82.3 cm³/mol. The molecule has 5 heteroatoms. The molecule has 0 aromatic heterocycles. The fraction of sp³-hybridized carbons (Fsp3) is 0.143. The van der Waals surface area contributed by atoms with Gasteiger partial charge in [-0.2, -0.15) is 0 Å². The van der Waals surface area contributed by atoms with Gasteiger partial charge in [-0.05, 0) is 60.7 Å². The average Bonchev–Trinajstić information content (AvgIpc) is 2.75. The van der Waals surface area contributed by atoms with Crippen molar-refractivity contribution < 1.29 is 9.26 Å². The molecule has 1 aliphatic heterocycles. The van der Waals surface area contributed by atoms with E-state index in [0.29, 0.717) is 0 Å². The lowest BCUT2D eigenvalue weighted by molar-refractivity contribution is 0.415. The summed E-state index contributed by atoms with van der Waals surface area (Å²) < 4.78 is 11.1. The molecule has 3 nitrogen and oxygen atoms in total. The maximum atomic E-state index is 5.98. The van der Waals surface area contributed by atoms with Crippen LogP contribution in [0, 0.1) is 6.92 Å². The van der Waals surface area contributed by atoms with Gasteiger partial charge in [-0.1, -0.05) is 6.07 Å². The Bertz CT molecular complexity index is 670. The second kappa shape index (κ2) is 4.55. The molecule has 0 aliphatic carbocycles. The van der Waals surface area contributed by atoms with Gasteiger partial charge in [0.05, 0.1) is 12.8 Å². The van der Waals surface area contributed by atoms with Crippen LogP contribution >= 0.6 is 6.42 Å². The average molecular weight is 291 g/mol. The molecule has 0 radical (unpaired) electrons. The Kier molecular flexibility index (Phi) is 3.00. The van der Waals surface area contributed by atoms with Gasteiger partial charge in [0.15, 0.2) is 0 Å². The van der Waals surface area contributed by atoms with Crippen LogP contribution in [0.5, 0.6) is 11.5 Å². The molecule has 1 N–H and O–H groups in total. The fourth-order valence-electron chi connectivity index (χ4n) is 2.03. The third kappa shape index (κ3) is 2.22. The number of rotatable bonds is 2. The Labute approximate surface area is 117 Å². The van der Waals surface area contributed by atoms with Crippen molar-refractivity contribution >= 4 is 29.2 Å². The van der Waals surface area contributed by atoms with E-state index in [9.17, 15) is 0 Å². The summed E-state index contributed by atoms with van der Waals surface area (Å²) in [6.07, 6.45) is -2.23. The molecule has 1 atom stereocenters. The third-order valence-electron chi connectivity index (χ3n) is 3.04. The molecule has 0 saturated carbocycles. The van der Waals surface area contributed by atoms with Crippen LogP contribution in [0.1, 0.15) is 5.56 Å². The number of anilines is 1. The molecular weight excluding hydrogens is 277 g/mol. The van der Waals surface area contributed by atoms with E-state index in [1.54, 1.807) is 7.11 Å². The number of methoxy groups -OCH3 is 1. The SMILES string of the molecule is COc1ccc(P2(=S)Nc3cc(C)ccc3O2)cc1. The summed E-state index contributed by atoms with van der Waals surface area (Å²) in [5, 5.41) is 4.37. The molecule has 2 aromatic carbocycles. The van der Waals surface area contributed by atoms with Crippen LogP contribution in [0.3, 0.4) is 0 Å². The van der Waals surface area contributed by atoms with Crippen molar-refractivity contribution in [1.82, 2.24) is 0 Å². The number of nitrogens with one attached hydrogen (secondary N) is 1. The first-order valence-corrected chi connectivity index (χ1v) is 8.66. The molecule has 1 aliphatic rings. The Balaban J connectivity index is 1.96. The van der Waals surface area contributed by atoms with Gasteiger partial charge in [-0.15, -0.1) is 0 Å². The highest BCUT2D eigenvalue weighted by molar-refractivity contribution is 8.16. The van der Waals surface area contributed by atoms with Crippen molar-refractivity contribution in [3.63, 3.8) is 0 Å². The number of hydrogen-bond acceptors (Lipinski definition) is 3. The molecule has 0 amide bonds. The van der Waals surface area contributed by atoms with Crippen LogP contribution in [-0.4, -0.2) is 7.11 Å². The maximum absolute atomic E-state index is 5.98. The van der Waals surface area contributed by atoms with Gasteiger partial charge in [-0.25, -0.2) is 0 Å². The van der Waals surface area contributed by atoms with Gasteiger partial charge in [-0.3, -0.25) is 0 Å². The third-order valence-corrected chi connectivity index (χ3v) is 6.14. The minimum absolute atomic E-state index is 0.818. The molecule has 0 spiro atoms. The number of aryl methyl sites for hydroxylation is 1. The molecule has 0 bridgehead atoms. The predicted octanol–water partition coefficient (Wildman–Crippen LogP) is 3.44. The smallest absolute Gasteiger partial charge is 0.232 e. The molecule has 0 saturated heterocycles. The second-order valence-corrected chi connectivity index (χ2v) is 8.02. The van der Waals surface area contributed by atoms with E-state index in [1.165, 1.54) is 5.56 Å².